The van der Waals surface area contributed by atoms with E-state index in [2.05, 4.69) is 19.2 Å². The molecule has 134 valence electrons. The molecule has 4 nitrogen and oxygen atoms in total. The minimum Gasteiger partial charge on any atom is -0.355 e. The standard InChI is InChI=1S/C19H29NO3S/c1-14(2)9-12-20-18(21)19(10-5-6-11-19)24(22,23)17-8-7-15(3)16(4)13-17/h7-8,13-14H,5-6,9-12H2,1-4H3,(H,20,21). The number of aryl methyl sites for hydroxylation is 2. The molecule has 0 heterocycles. The summed E-state index contributed by atoms with van der Waals surface area (Å²) in [6, 6.07) is 5.16. The van der Waals surface area contributed by atoms with E-state index >= 15 is 0 Å². The highest BCUT2D eigenvalue weighted by atomic mass is 32.2. The van der Waals surface area contributed by atoms with Gasteiger partial charge in [0.05, 0.1) is 4.90 Å². The van der Waals surface area contributed by atoms with Gasteiger partial charge in [-0.1, -0.05) is 32.8 Å². The minimum absolute atomic E-state index is 0.270. The van der Waals surface area contributed by atoms with Gasteiger partial charge in [-0.2, -0.15) is 0 Å². The molecule has 0 spiro atoms. The zero-order valence-corrected chi connectivity index (χ0v) is 16.0. The van der Waals surface area contributed by atoms with E-state index in [1.165, 1.54) is 0 Å². The average molecular weight is 352 g/mol. The monoisotopic (exact) mass is 351 g/mol. The van der Waals surface area contributed by atoms with Crippen molar-refractivity contribution in [1.29, 1.82) is 0 Å². The molecule has 24 heavy (non-hydrogen) atoms. The maximum atomic E-state index is 13.3. The molecule has 1 N–H and O–H groups in total. The van der Waals surface area contributed by atoms with Gasteiger partial charge in [0.1, 0.15) is 0 Å². The summed E-state index contributed by atoms with van der Waals surface area (Å²) in [6.45, 7) is 8.56. The van der Waals surface area contributed by atoms with Crippen LogP contribution in [0.15, 0.2) is 23.1 Å². The first kappa shape index (κ1) is 19.0. The van der Waals surface area contributed by atoms with Crippen molar-refractivity contribution in [3.05, 3.63) is 29.3 Å². The van der Waals surface area contributed by atoms with E-state index in [1.807, 2.05) is 19.9 Å². The van der Waals surface area contributed by atoms with Crippen LogP contribution in [-0.4, -0.2) is 25.6 Å². The molecule has 5 heteroatoms. The molecule has 0 aliphatic heterocycles. The number of rotatable bonds is 6. The molecule has 0 radical (unpaired) electrons. The lowest BCUT2D eigenvalue weighted by Crippen LogP contribution is -2.51. The van der Waals surface area contributed by atoms with Crippen molar-refractivity contribution in [1.82, 2.24) is 5.32 Å². The molecular formula is C19H29NO3S. The van der Waals surface area contributed by atoms with Crippen LogP contribution in [0, 0.1) is 19.8 Å². The Bertz CT molecular complexity index is 701. The molecule has 0 saturated heterocycles. The van der Waals surface area contributed by atoms with Crippen molar-refractivity contribution in [3.63, 3.8) is 0 Å². The second kappa shape index (κ2) is 7.26. The van der Waals surface area contributed by atoms with E-state index < -0.39 is 14.6 Å². The van der Waals surface area contributed by atoms with Gasteiger partial charge in [0, 0.05) is 6.54 Å². The topological polar surface area (TPSA) is 63.2 Å². The lowest BCUT2D eigenvalue weighted by Gasteiger charge is -2.28. The first-order valence-electron chi connectivity index (χ1n) is 8.81. The third-order valence-corrected chi connectivity index (χ3v) is 7.63. The zero-order chi connectivity index (χ0) is 18.0. The molecule has 1 saturated carbocycles. The maximum absolute atomic E-state index is 13.3. The number of hydrogen-bond acceptors (Lipinski definition) is 3. The van der Waals surface area contributed by atoms with Gasteiger partial charge in [-0.25, -0.2) is 8.42 Å². The van der Waals surface area contributed by atoms with E-state index in [0.29, 0.717) is 25.3 Å². The Labute approximate surface area is 146 Å². The third kappa shape index (κ3) is 3.51. The molecular weight excluding hydrogens is 322 g/mol. The average Bonchev–Trinajstić information content (AvgIpc) is 3.01. The number of amides is 1. The molecule has 1 aromatic carbocycles. The lowest BCUT2D eigenvalue weighted by molar-refractivity contribution is -0.123. The summed E-state index contributed by atoms with van der Waals surface area (Å²) in [5, 5.41) is 2.88. The van der Waals surface area contributed by atoms with E-state index in [1.54, 1.807) is 12.1 Å². The fourth-order valence-electron chi connectivity index (χ4n) is 3.31. The number of benzene rings is 1. The van der Waals surface area contributed by atoms with Gasteiger partial charge < -0.3 is 5.32 Å². The number of hydrogen-bond donors (Lipinski definition) is 1. The van der Waals surface area contributed by atoms with Gasteiger partial charge in [-0.05, 0) is 62.3 Å². The van der Waals surface area contributed by atoms with Gasteiger partial charge in [0.15, 0.2) is 14.6 Å². The van der Waals surface area contributed by atoms with E-state index in [0.717, 1.165) is 30.4 Å². The Kier molecular flexibility index (Phi) is 5.74. The summed E-state index contributed by atoms with van der Waals surface area (Å²) in [6.07, 6.45) is 3.24. The number of carbonyl (C=O) groups is 1. The molecule has 2 rings (SSSR count). The van der Waals surface area contributed by atoms with Crippen LogP contribution in [0.25, 0.3) is 0 Å². The Balaban J connectivity index is 2.34. The van der Waals surface area contributed by atoms with Crippen LogP contribution in [0.1, 0.15) is 57.1 Å². The molecule has 0 unspecified atom stereocenters. The number of nitrogens with one attached hydrogen (secondary N) is 1. The summed E-state index contributed by atoms with van der Waals surface area (Å²) >= 11 is 0. The predicted octanol–water partition coefficient (Wildman–Crippen LogP) is 3.55. The Morgan fingerprint density at radius 1 is 1.17 bits per heavy atom. The highest BCUT2D eigenvalue weighted by Gasteiger charge is 2.52. The normalized spacial score (nSPS) is 17.2. The van der Waals surface area contributed by atoms with Crippen molar-refractivity contribution in [2.24, 2.45) is 5.92 Å². The minimum atomic E-state index is -3.70. The Morgan fingerprint density at radius 2 is 1.79 bits per heavy atom. The highest BCUT2D eigenvalue weighted by molar-refractivity contribution is 7.93. The summed E-state index contributed by atoms with van der Waals surface area (Å²) in [7, 11) is -3.70. The summed E-state index contributed by atoms with van der Waals surface area (Å²) in [5.41, 5.74) is 1.99. The van der Waals surface area contributed by atoms with Crippen LogP contribution >= 0.6 is 0 Å². The maximum Gasteiger partial charge on any atom is 0.241 e. The largest absolute Gasteiger partial charge is 0.355 e. The SMILES string of the molecule is Cc1ccc(S(=O)(=O)C2(C(=O)NCCC(C)C)CCCC2)cc1C. The summed E-state index contributed by atoms with van der Waals surface area (Å²) in [4.78, 5) is 13.1. The molecule has 1 aliphatic carbocycles. The van der Waals surface area contributed by atoms with Gasteiger partial charge >= 0.3 is 0 Å². The first-order chi connectivity index (χ1) is 11.2. The second-order valence-corrected chi connectivity index (χ2v) is 9.65. The van der Waals surface area contributed by atoms with E-state index in [-0.39, 0.29) is 10.8 Å². The predicted molar refractivity (Wildman–Crippen MR) is 96.8 cm³/mol. The first-order valence-corrected chi connectivity index (χ1v) is 10.3. The third-order valence-electron chi connectivity index (χ3n) is 5.14. The second-order valence-electron chi connectivity index (χ2n) is 7.39. The summed E-state index contributed by atoms with van der Waals surface area (Å²) in [5.74, 6) is 0.153. The van der Waals surface area contributed by atoms with Crippen molar-refractivity contribution in [2.45, 2.75) is 69.4 Å². The van der Waals surface area contributed by atoms with Crippen LogP contribution in [0.4, 0.5) is 0 Å². The quantitative estimate of drug-likeness (QED) is 0.852. The van der Waals surface area contributed by atoms with Gasteiger partial charge in [-0.15, -0.1) is 0 Å². The van der Waals surface area contributed by atoms with Crippen molar-refractivity contribution in [2.75, 3.05) is 6.54 Å². The summed E-state index contributed by atoms with van der Waals surface area (Å²) < 4.78 is 25.3. The van der Waals surface area contributed by atoms with Crippen molar-refractivity contribution >= 4 is 15.7 Å². The van der Waals surface area contributed by atoms with Crippen LogP contribution in [0.5, 0.6) is 0 Å². The van der Waals surface area contributed by atoms with E-state index in [9.17, 15) is 13.2 Å². The van der Waals surface area contributed by atoms with Crippen LogP contribution < -0.4 is 5.32 Å². The highest BCUT2D eigenvalue weighted by Crippen LogP contribution is 2.41. The molecule has 1 aromatic rings. The van der Waals surface area contributed by atoms with Crippen LogP contribution in [0.2, 0.25) is 0 Å². The molecule has 0 bridgehead atoms. The zero-order valence-electron chi connectivity index (χ0n) is 15.2. The van der Waals surface area contributed by atoms with Gasteiger partial charge in [0.2, 0.25) is 5.91 Å². The fraction of sp³-hybridized carbons (Fsp3) is 0.632. The number of sulfone groups is 1. The smallest absolute Gasteiger partial charge is 0.241 e. The van der Waals surface area contributed by atoms with E-state index in [4.69, 9.17) is 0 Å². The fourth-order valence-corrected chi connectivity index (χ4v) is 5.48. The van der Waals surface area contributed by atoms with Gasteiger partial charge in [-0.3, -0.25) is 4.79 Å². The molecule has 0 atom stereocenters. The van der Waals surface area contributed by atoms with Crippen molar-refractivity contribution in [3.8, 4) is 0 Å². The van der Waals surface area contributed by atoms with Gasteiger partial charge in [0.25, 0.3) is 0 Å². The Morgan fingerprint density at radius 3 is 2.33 bits per heavy atom. The molecule has 0 aromatic heterocycles. The molecule has 1 fully saturated rings. The van der Waals surface area contributed by atoms with Crippen LogP contribution in [0.3, 0.4) is 0 Å². The lowest BCUT2D eigenvalue weighted by atomic mass is 10.1. The molecule has 1 aliphatic rings. The van der Waals surface area contributed by atoms with Crippen LogP contribution in [-0.2, 0) is 14.6 Å². The van der Waals surface area contributed by atoms with Crippen molar-refractivity contribution < 1.29 is 13.2 Å². The number of carbonyl (C=O) groups excluding carboxylic acids is 1. The molecule has 1 amide bonds. The Hall–Kier alpha value is -1.36.